The van der Waals surface area contributed by atoms with Crippen molar-refractivity contribution in [1.82, 2.24) is 10.3 Å². The van der Waals surface area contributed by atoms with Crippen molar-refractivity contribution < 1.29 is 28.7 Å². The molecule has 0 aliphatic rings. The van der Waals surface area contributed by atoms with Crippen LogP contribution in [0.4, 0.5) is 0 Å². The van der Waals surface area contributed by atoms with E-state index in [0.29, 0.717) is 23.2 Å². The number of methoxy groups -OCH3 is 1. The van der Waals surface area contributed by atoms with Gasteiger partial charge in [0.05, 0.1) is 7.11 Å². The van der Waals surface area contributed by atoms with E-state index < -0.39 is 18.5 Å². The number of Topliss-reactive ketones (excluding diaryl/α,β-unsaturated/α-hetero) is 1. The van der Waals surface area contributed by atoms with Gasteiger partial charge in [-0.15, -0.1) is 0 Å². The molecule has 1 heterocycles. The van der Waals surface area contributed by atoms with Crippen LogP contribution in [0.25, 0.3) is 0 Å². The summed E-state index contributed by atoms with van der Waals surface area (Å²) in [6, 6.07) is 0. The molecule has 1 aromatic rings. The van der Waals surface area contributed by atoms with Crippen LogP contribution in [-0.2, 0) is 19.1 Å². The number of hydrogen-bond acceptors (Lipinski definition) is 6. The van der Waals surface area contributed by atoms with Gasteiger partial charge in [0.25, 0.3) is 5.91 Å². The van der Waals surface area contributed by atoms with Crippen molar-refractivity contribution in [2.45, 2.75) is 33.6 Å². The molecule has 2 N–H and O–H groups in total. The van der Waals surface area contributed by atoms with Gasteiger partial charge in [0.15, 0.2) is 12.4 Å². The number of aryl methyl sites for hydroxylation is 1. The molecule has 0 bridgehead atoms. The van der Waals surface area contributed by atoms with Crippen LogP contribution in [0.1, 0.15) is 51.9 Å². The van der Waals surface area contributed by atoms with E-state index in [1.807, 2.05) is 0 Å². The van der Waals surface area contributed by atoms with E-state index in [1.54, 1.807) is 13.8 Å². The number of H-pyrrole nitrogens is 1. The number of aromatic nitrogens is 1. The van der Waals surface area contributed by atoms with E-state index in [9.17, 15) is 19.2 Å². The topological polar surface area (TPSA) is 115 Å². The summed E-state index contributed by atoms with van der Waals surface area (Å²) < 4.78 is 9.41. The fourth-order valence-electron chi connectivity index (χ4n) is 2.30. The molecule has 0 aliphatic carbocycles. The minimum Gasteiger partial charge on any atom is -0.469 e. The lowest BCUT2D eigenvalue weighted by Gasteiger charge is -2.06. The van der Waals surface area contributed by atoms with Gasteiger partial charge in [-0.1, -0.05) is 0 Å². The third-order valence-corrected chi connectivity index (χ3v) is 3.44. The summed E-state index contributed by atoms with van der Waals surface area (Å²) in [5.74, 6) is -1.67. The van der Waals surface area contributed by atoms with Crippen molar-refractivity contribution >= 4 is 23.6 Å². The summed E-state index contributed by atoms with van der Waals surface area (Å²) in [5, 5.41) is 2.53. The number of nitrogens with one attached hydrogen (secondary N) is 2. The molecule has 1 rings (SSSR count). The lowest BCUT2D eigenvalue weighted by Crippen LogP contribution is -2.30. The summed E-state index contributed by atoms with van der Waals surface area (Å²) in [5.41, 5.74) is 1.70. The maximum Gasteiger partial charge on any atom is 0.355 e. The summed E-state index contributed by atoms with van der Waals surface area (Å²) in [6.45, 7) is 4.59. The largest absolute Gasteiger partial charge is 0.469 e. The first-order valence-electron chi connectivity index (χ1n) is 7.48. The monoisotopic (exact) mass is 338 g/mol. The quantitative estimate of drug-likeness (QED) is 0.416. The molecule has 0 saturated heterocycles. The van der Waals surface area contributed by atoms with Gasteiger partial charge in [-0.25, -0.2) is 4.79 Å². The van der Waals surface area contributed by atoms with Crippen molar-refractivity contribution in [3.05, 3.63) is 22.5 Å². The molecular formula is C16H22N2O6. The predicted octanol–water partition coefficient (Wildman–Crippen LogP) is 1.06. The molecule has 0 radical (unpaired) electrons. The Hall–Kier alpha value is -2.64. The standard InChI is InChI=1S/C16H22N2O6/c1-9-14(11(3)19)10(2)18-15(9)16(22)24-8-12(20)17-7-5-6-13(21)23-4/h18H,5-8H2,1-4H3,(H,17,20). The van der Waals surface area contributed by atoms with E-state index in [2.05, 4.69) is 15.0 Å². The van der Waals surface area contributed by atoms with Gasteiger partial charge in [-0.2, -0.15) is 0 Å². The molecule has 1 amide bonds. The van der Waals surface area contributed by atoms with Crippen LogP contribution >= 0.6 is 0 Å². The first-order valence-corrected chi connectivity index (χ1v) is 7.48. The molecule has 24 heavy (non-hydrogen) atoms. The number of carbonyl (C=O) groups excluding carboxylic acids is 4. The van der Waals surface area contributed by atoms with Gasteiger partial charge < -0.3 is 19.8 Å². The van der Waals surface area contributed by atoms with Gasteiger partial charge in [-0.05, 0) is 32.8 Å². The Labute approximate surface area is 139 Å². The molecule has 0 saturated carbocycles. The Morgan fingerprint density at radius 2 is 1.83 bits per heavy atom. The number of ether oxygens (including phenoxy) is 2. The van der Waals surface area contributed by atoms with Crippen LogP contribution in [-0.4, -0.2) is 48.9 Å². The van der Waals surface area contributed by atoms with Gasteiger partial charge in [0, 0.05) is 24.2 Å². The zero-order valence-corrected chi connectivity index (χ0v) is 14.3. The van der Waals surface area contributed by atoms with Crippen molar-refractivity contribution in [3.63, 3.8) is 0 Å². The molecule has 0 aliphatic heterocycles. The maximum atomic E-state index is 12.0. The lowest BCUT2D eigenvalue weighted by atomic mass is 10.1. The highest BCUT2D eigenvalue weighted by Crippen LogP contribution is 2.19. The zero-order valence-electron chi connectivity index (χ0n) is 14.3. The molecule has 8 nitrogen and oxygen atoms in total. The third kappa shape index (κ3) is 5.22. The average Bonchev–Trinajstić information content (AvgIpc) is 2.83. The van der Waals surface area contributed by atoms with E-state index in [4.69, 9.17) is 4.74 Å². The fraction of sp³-hybridized carbons (Fsp3) is 0.500. The first-order chi connectivity index (χ1) is 11.3. The molecule has 0 atom stereocenters. The normalized spacial score (nSPS) is 10.2. The maximum absolute atomic E-state index is 12.0. The minimum absolute atomic E-state index is 0.149. The van der Waals surface area contributed by atoms with Crippen LogP contribution < -0.4 is 5.32 Å². The lowest BCUT2D eigenvalue weighted by molar-refractivity contribution is -0.140. The first kappa shape index (κ1) is 19.4. The molecule has 0 unspecified atom stereocenters. The number of esters is 2. The number of ketones is 1. The molecule has 1 aromatic heterocycles. The van der Waals surface area contributed by atoms with Crippen LogP contribution in [0, 0.1) is 13.8 Å². The van der Waals surface area contributed by atoms with Crippen molar-refractivity contribution in [1.29, 1.82) is 0 Å². The highest BCUT2D eigenvalue weighted by molar-refractivity contribution is 6.01. The van der Waals surface area contributed by atoms with Gasteiger partial charge in [0.1, 0.15) is 5.69 Å². The average molecular weight is 338 g/mol. The van der Waals surface area contributed by atoms with Crippen LogP contribution in [0.3, 0.4) is 0 Å². The Morgan fingerprint density at radius 3 is 2.38 bits per heavy atom. The number of hydrogen-bond donors (Lipinski definition) is 2. The second kappa shape index (κ2) is 8.85. The fourth-order valence-corrected chi connectivity index (χ4v) is 2.30. The van der Waals surface area contributed by atoms with E-state index in [1.165, 1.54) is 14.0 Å². The summed E-state index contributed by atoms with van der Waals surface area (Å²) in [7, 11) is 1.29. The number of carbonyl (C=O) groups is 4. The third-order valence-electron chi connectivity index (χ3n) is 3.44. The van der Waals surface area contributed by atoms with Crippen molar-refractivity contribution in [2.24, 2.45) is 0 Å². The summed E-state index contributed by atoms with van der Waals surface area (Å²) >= 11 is 0. The molecule has 132 valence electrons. The summed E-state index contributed by atoms with van der Waals surface area (Å²) in [4.78, 5) is 48.9. The van der Waals surface area contributed by atoms with Gasteiger partial charge in [0.2, 0.25) is 0 Å². The Kier molecular flexibility index (Phi) is 7.16. The van der Waals surface area contributed by atoms with Gasteiger partial charge >= 0.3 is 11.9 Å². The number of rotatable bonds is 8. The molecular weight excluding hydrogens is 316 g/mol. The van der Waals surface area contributed by atoms with E-state index in [-0.39, 0.29) is 30.4 Å². The minimum atomic E-state index is -0.701. The molecule has 8 heteroatoms. The van der Waals surface area contributed by atoms with Crippen molar-refractivity contribution in [3.8, 4) is 0 Å². The van der Waals surface area contributed by atoms with Crippen molar-refractivity contribution in [2.75, 3.05) is 20.3 Å². The van der Waals surface area contributed by atoms with Crippen LogP contribution in [0.2, 0.25) is 0 Å². The Balaban J connectivity index is 2.46. The highest BCUT2D eigenvalue weighted by Gasteiger charge is 2.21. The molecule has 0 spiro atoms. The molecule has 0 fully saturated rings. The van der Waals surface area contributed by atoms with Crippen LogP contribution in [0.5, 0.6) is 0 Å². The van der Waals surface area contributed by atoms with E-state index >= 15 is 0 Å². The second-order valence-corrected chi connectivity index (χ2v) is 5.29. The number of amides is 1. The van der Waals surface area contributed by atoms with E-state index in [0.717, 1.165) is 0 Å². The smallest absolute Gasteiger partial charge is 0.355 e. The Bertz CT molecular complexity index is 647. The van der Waals surface area contributed by atoms with Crippen LogP contribution in [0.15, 0.2) is 0 Å². The zero-order chi connectivity index (χ0) is 18.3. The SMILES string of the molecule is COC(=O)CCCNC(=O)COC(=O)c1[nH]c(C)c(C(C)=O)c1C. The number of aromatic amines is 1. The summed E-state index contributed by atoms with van der Waals surface area (Å²) in [6.07, 6.45) is 0.634. The highest BCUT2D eigenvalue weighted by atomic mass is 16.5. The van der Waals surface area contributed by atoms with Gasteiger partial charge in [-0.3, -0.25) is 14.4 Å². The Morgan fingerprint density at radius 1 is 1.17 bits per heavy atom. The molecule has 0 aromatic carbocycles. The second-order valence-electron chi connectivity index (χ2n) is 5.29. The predicted molar refractivity (Wildman–Crippen MR) is 84.8 cm³/mol.